The van der Waals surface area contributed by atoms with Crippen LogP contribution in [0.1, 0.15) is 47.1 Å². The third-order valence-electron chi connectivity index (χ3n) is 4.04. The van der Waals surface area contributed by atoms with E-state index in [0.29, 0.717) is 11.0 Å². The van der Waals surface area contributed by atoms with Gasteiger partial charge < -0.3 is 10.0 Å². The van der Waals surface area contributed by atoms with Crippen LogP contribution in [0, 0.1) is 10.8 Å². The van der Waals surface area contributed by atoms with E-state index in [9.17, 15) is 9.90 Å². The molecule has 0 saturated heterocycles. The maximum atomic E-state index is 12.5. The van der Waals surface area contributed by atoms with Crippen molar-refractivity contribution in [3.63, 3.8) is 0 Å². The average Bonchev–Trinajstić information content (AvgIpc) is 2.39. The van der Waals surface area contributed by atoms with E-state index in [-0.39, 0.29) is 17.7 Å². The van der Waals surface area contributed by atoms with Gasteiger partial charge in [0.1, 0.15) is 11.0 Å². The molecule has 126 valence electrons. The normalized spacial score (nSPS) is 18.5. The van der Waals surface area contributed by atoms with Crippen molar-refractivity contribution in [2.24, 2.45) is 10.8 Å². The topological polar surface area (TPSA) is 53.4 Å². The van der Waals surface area contributed by atoms with Crippen LogP contribution in [0.3, 0.4) is 0 Å². The molecular weight excluding hydrogens is 312 g/mol. The van der Waals surface area contributed by atoms with Crippen LogP contribution >= 0.6 is 11.6 Å². The van der Waals surface area contributed by atoms with Crippen LogP contribution in [0.5, 0.6) is 0 Å². The standard InChI is InChI=1S/C18H25ClN2O2/c1-17(2,3)12-9-11-7-8-14(19)20-15(11)21(16(12)23)10-13(22)18(4,5)6/h7-9,16,23H,10H2,1-6H3. The Kier molecular flexibility index (Phi) is 4.62. The monoisotopic (exact) mass is 336 g/mol. The second-order valence-electron chi connectivity index (χ2n) is 8.07. The maximum Gasteiger partial charge on any atom is 0.157 e. The van der Waals surface area contributed by atoms with Gasteiger partial charge in [0.05, 0.1) is 6.54 Å². The SMILES string of the molecule is CC(C)(C)C(=O)CN1c2nc(Cl)ccc2C=C(C(C)(C)C)C1O. The minimum absolute atomic E-state index is 0.0411. The van der Waals surface area contributed by atoms with E-state index >= 15 is 0 Å². The van der Waals surface area contributed by atoms with E-state index in [2.05, 4.69) is 4.98 Å². The summed E-state index contributed by atoms with van der Waals surface area (Å²) >= 11 is 6.02. The molecule has 5 heteroatoms. The molecule has 1 unspecified atom stereocenters. The molecule has 2 rings (SSSR count). The zero-order chi connectivity index (χ0) is 17.6. The molecule has 0 bridgehead atoms. The average molecular weight is 337 g/mol. The second kappa shape index (κ2) is 5.91. The predicted molar refractivity (Wildman–Crippen MR) is 94.5 cm³/mol. The number of aromatic nitrogens is 1. The van der Waals surface area contributed by atoms with Gasteiger partial charge in [0.15, 0.2) is 12.0 Å². The molecule has 0 aliphatic carbocycles. The quantitative estimate of drug-likeness (QED) is 0.832. The van der Waals surface area contributed by atoms with Gasteiger partial charge in [-0.3, -0.25) is 4.79 Å². The highest BCUT2D eigenvalue weighted by atomic mass is 35.5. The lowest BCUT2D eigenvalue weighted by Crippen LogP contribution is -2.47. The molecule has 0 spiro atoms. The number of rotatable bonds is 2. The number of ketones is 1. The number of carbonyl (C=O) groups excluding carboxylic acids is 1. The molecule has 2 heterocycles. The fourth-order valence-electron chi connectivity index (χ4n) is 2.46. The first kappa shape index (κ1) is 18.0. The Balaban J connectivity index is 2.51. The molecule has 1 aromatic heterocycles. The number of hydrogen-bond donors (Lipinski definition) is 1. The summed E-state index contributed by atoms with van der Waals surface area (Å²) in [7, 11) is 0. The van der Waals surface area contributed by atoms with Crippen molar-refractivity contribution in [2.75, 3.05) is 11.4 Å². The van der Waals surface area contributed by atoms with E-state index in [1.165, 1.54) is 0 Å². The van der Waals surface area contributed by atoms with E-state index in [0.717, 1.165) is 11.1 Å². The molecule has 1 atom stereocenters. The molecule has 0 aromatic carbocycles. The van der Waals surface area contributed by atoms with Gasteiger partial charge in [-0.2, -0.15) is 0 Å². The fraction of sp³-hybridized carbons (Fsp3) is 0.556. The molecular formula is C18H25ClN2O2. The highest BCUT2D eigenvalue weighted by Gasteiger charge is 2.36. The van der Waals surface area contributed by atoms with E-state index in [4.69, 9.17) is 11.6 Å². The maximum absolute atomic E-state index is 12.5. The largest absolute Gasteiger partial charge is 0.370 e. The van der Waals surface area contributed by atoms with Crippen LogP contribution in [0.15, 0.2) is 17.7 Å². The Morgan fingerprint density at radius 3 is 2.39 bits per heavy atom. The summed E-state index contributed by atoms with van der Waals surface area (Å²) in [6.45, 7) is 11.8. The van der Waals surface area contributed by atoms with Crippen LogP contribution in [0.2, 0.25) is 5.15 Å². The van der Waals surface area contributed by atoms with E-state index in [1.807, 2.05) is 53.7 Å². The number of halogens is 1. The van der Waals surface area contributed by atoms with Gasteiger partial charge in [-0.15, -0.1) is 0 Å². The van der Waals surface area contributed by atoms with E-state index in [1.54, 1.807) is 11.0 Å². The smallest absolute Gasteiger partial charge is 0.157 e. The first-order valence-corrected chi connectivity index (χ1v) is 8.15. The Morgan fingerprint density at radius 2 is 1.87 bits per heavy atom. The number of pyridine rings is 1. The van der Waals surface area contributed by atoms with Gasteiger partial charge in [0, 0.05) is 11.0 Å². The molecule has 1 aliphatic heterocycles. The summed E-state index contributed by atoms with van der Waals surface area (Å²) in [4.78, 5) is 18.5. The lowest BCUT2D eigenvalue weighted by atomic mass is 9.81. The van der Waals surface area contributed by atoms with Crippen molar-refractivity contribution in [3.8, 4) is 0 Å². The lowest BCUT2D eigenvalue weighted by molar-refractivity contribution is -0.125. The van der Waals surface area contributed by atoms with Gasteiger partial charge in [-0.25, -0.2) is 4.98 Å². The summed E-state index contributed by atoms with van der Waals surface area (Å²) in [6.07, 6.45) is 1.06. The van der Waals surface area contributed by atoms with Crippen molar-refractivity contribution >= 4 is 29.3 Å². The predicted octanol–water partition coefficient (Wildman–Crippen LogP) is 3.92. The van der Waals surface area contributed by atoms with Crippen LogP contribution in [0.4, 0.5) is 5.82 Å². The fourth-order valence-corrected chi connectivity index (χ4v) is 2.60. The van der Waals surface area contributed by atoms with Gasteiger partial charge in [-0.1, -0.05) is 53.1 Å². The first-order valence-electron chi connectivity index (χ1n) is 7.78. The highest BCUT2D eigenvalue weighted by molar-refractivity contribution is 6.29. The van der Waals surface area contributed by atoms with Crippen LogP contribution in [0.25, 0.3) is 6.08 Å². The van der Waals surface area contributed by atoms with Gasteiger partial charge in [-0.05, 0) is 29.2 Å². The minimum Gasteiger partial charge on any atom is -0.370 e. The van der Waals surface area contributed by atoms with Crippen molar-refractivity contribution in [1.82, 2.24) is 4.98 Å². The lowest BCUT2D eigenvalue weighted by Gasteiger charge is -2.40. The molecule has 1 aliphatic rings. The zero-order valence-electron chi connectivity index (χ0n) is 14.6. The number of anilines is 1. The molecule has 1 aromatic rings. The Hall–Kier alpha value is -1.39. The third kappa shape index (κ3) is 3.75. The van der Waals surface area contributed by atoms with Gasteiger partial charge in [0.25, 0.3) is 0 Å². The summed E-state index contributed by atoms with van der Waals surface area (Å²) in [5.74, 6) is 0.593. The molecule has 23 heavy (non-hydrogen) atoms. The zero-order valence-corrected chi connectivity index (χ0v) is 15.4. The molecule has 1 N–H and O–H groups in total. The molecule has 4 nitrogen and oxygen atoms in total. The number of carbonyl (C=O) groups is 1. The van der Waals surface area contributed by atoms with Crippen LogP contribution in [-0.2, 0) is 4.79 Å². The van der Waals surface area contributed by atoms with Crippen molar-refractivity contribution < 1.29 is 9.90 Å². The van der Waals surface area contributed by atoms with Gasteiger partial charge in [0.2, 0.25) is 0 Å². The Morgan fingerprint density at radius 1 is 1.26 bits per heavy atom. The molecule has 0 fully saturated rings. The summed E-state index contributed by atoms with van der Waals surface area (Å²) in [5, 5.41) is 11.2. The van der Waals surface area contributed by atoms with Crippen LogP contribution < -0.4 is 4.90 Å². The number of aliphatic hydroxyl groups is 1. The van der Waals surface area contributed by atoms with E-state index < -0.39 is 11.6 Å². The number of aliphatic hydroxyl groups excluding tert-OH is 1. The molecule has 0 amide bonds. The summed E-state index contributed by atoms with van der Waals surface area (Å²) in [5.41, 5.74) is 1.02. The van der Waals surface area contributed by atoms with Crippen molar-refractivity contribution in [2.45, 2.75) is 47.8 Å². The Labute approximate surface area is 143 Å². The third-order valence-corrected chi connectivity index (χ3v) is 4.25. The van der Waals surface area contributed by atoms with Crippen molar-refractivity contribution in [1.29, 1.82) is 0 Å². The highest BCUT2D eigenvalue weighted by Crippen LogP contribution is 2.39. The minimum atomic E-state index is -0.889. The van der Waals surface area contributed by atoms with Gasteiger partial charge >= 0.3 is 0 Å². The second-order valence-corrected chi connectivity index (χ2v) is 8.46. The Bertz CT molecular complexity index is 654. The summed E-state index contributed by atoms with van der Waals surface area (Å²) in [6, 6.07) is 3.59. The van der Waals surface area contributed by atoms with Crippen molar-refractivity contribution in [3.05, 3.63) is 28.4 Å². The molecule has 0 radical (unpaired) electrons. The van der Waals surface area contributed by atoms with Crippen LogP contribution in [-0.4, -0.2) is 28.6 Å². The summed E-state index contributed by atoms with van der Waals surface area (Å²) < 4.78 is 0. The number of Topliss-reactive ketones (excluding diaryl/α,β-unsaturated/α-hetero) is 1. The number of hydrogen-bond acceptors (Lipinski definition) is 4. The number of nitrogens with zero attached hydrogens (tertiary/aromatic N) is 2. The first-order chi connectivity index (χ1) is 10.4. The number of fused-ring (bicyclic) bond motifs is 1. The molecule has 0 saturated carbocycles.